The highest BCUT2D eigenvalue weighted by atomic mass is 19.1. The fourth-order valence-corrected chi connectivity index (χ4v) is 2.15. The van der Waals surface area contributed by atoms with Gasteiger partial charge in [-0.3, -0.25) is 0 Å². The molecule has 0 saturated carbocycles. The van der Waals surface area contributed by atoms with Gasteiger partial charge in [0.05, 0.1) is 6.61 Å². The maximum atomic E-state index is 14.2. The van der Waals surface area contributed by atoms with E-state index in [2.05, 4.69) is 5.32 Å². The topological polar surface area (TPSA) is 41.5 Å². The Morgan fingerprint density at radius 3 is 2.62 bits per heavy atom. The Morgan fingerprint density at radius 1 is 1.19 bits per heavy atom. The molecule has 0 radical (unpaired) electrons. The standard InChI is InChI=1S/C17H20FNO2/c1-3-19-12(2)13-8-9-17(15(18)10-13)21-16-7-5-4-6-14(16)11-20/h4-10,12,19-20H,3,11H2,1-2H3. The van der Waals surface area contributed by atoms with Crippen LogP contribution in [0.3, 0.4) is 0 Å². The van der Waals surface area contributed by atoms with Crippen LogP contribution < -0.4 is 10.1 Å². The average Bonchev–Trinajstić information content (AvgIpc) is 2.50. The minimum atomic E-state index is -0.412. The molecule has 4 heteroatoms. The summed E-state index contributed by atoms with van der Waals surface area (Å²) >= 11 is 0. The molecule has 0 aliphatic carbocycles. The van der Waals surface area contributed by atoms with Crippen molar-refractivity contribution >= 4 is 0 Å². The summed E-state index contributed by atoms with van der Waals surface area (Å²) in [5.74, 6) is 0.208. The normalized spacial score (nSPS) is 12.2. The van der Waals surface area contributed by atoms with Gasteiger partial charge < -0.3 is 15.2 Å². The minimum Gasteiger partial charge on any atom is -0.454 e. The van der Waals surface area contributed by atoms with E-state index in [1.54, 1.807) is 30.3 Å². The Labute approximate surface area is 124 Å². The molecule has 0 spiro atoms. The highest BCUT2D eigenvalue weighted by Gasteiger charge is 2.11. The number of benzene rings is 2. The van der Waals surface area contributed by atoms with Gasteiger partial charge in [0.25, 0.3) is 0 Å². The lowest BCUT2D eigenvalue weighted by molar-refractivity contribution is 0.276. The third kappa shape index (κ3) is 3.80. The van der Waals surface area contributed by atoms with E-state index in [1.807, 2.05) is 19.9 Å². The molecule has 1 atom stereocenters. The number of aliphatic hydroxyl groups is 1. The van der Waals surface area contributed by atoms with Crippen molar-refractivity contribution in [1.82, 2.24) is 5.32 Å². The van der Waals surface area contributed by atoms with Crippen molar-refractivity contribution in [2.45, 2.75) is 26.5 Å². The fraction of sp³-hybridized carbons (Fsp3) is 0.294. The lowest BCUT2D eigenvalue weighted by Crippen LogP contribution is -2.17. The van der Waals surface area contributed by atoms with E-state index in [9.17, 15) is 9.50 Å². The van der Waals surface area contributed by atoms with Crippen molar-refractivity contribution in [2.75, 3.05) is 6.54 Å². The third-order valence-electron chi connectivity index (χ3n) is 3.33. The molecule has 1 unspecified atom stereocenters. The number of hydrogen-bond acceptors (Lipinski definition) is 3. The quantitative estimate of drug-likeness (QED) is 0.850. The molecule has 0 aromatic heterocycles. The van der Waals surface area contributed by atoms with Crippen LogP contribution in [0.4, 0.5) is 4.39 Å². The molecule has 0 bridgehead atoms. The van der Waals surface area contributed by atoms with E-state index in [0.29, 0.717) is 11.3 Å². The van der Waals surface area contributed by atoms with Crippen molar-refractivity contribution in [3.63, 3.8) is 0 Å². The van der Waals surface area contributed by atoms with E-state index in [0.717, 1.165) is 12.1 Å². The van der Waals surface area contributed by atoms with Crippen LogP contribution in [0.5, 0.6) is 11.5 Å². The zero-order chi connectivity index (χ0) is 15.2. The molecule has 2 rings (SSSR count). The van der Waals surface area contributed by atoms with Crippen LogP contribution in [0.2, 0.25) is 0 Å². The number of hydrogen-bond donors (Lipinski definition) is 2. The van der Waals surface area contributed by atoms with Crippen LogP contribution in [0.25, 0.3) is 0 Å². The number of rotatable bonds is 6. The predicted octanol–water partition coefficient (Wildman–Crippen LogP) is 3.78. The molecule has 0 aliphatic heterocycles. The summed E-state index contributed by atoms with van der Waals surface area (Å²) < 4.78 is 19.7. The van der Waals surface area contributed by atoms with Crippen LogP contribution >= 0.6 is 0 Å². The molecule has 0 saturated heterocycles. The van der Waals surface area contributed by atoms with Crippen LogP contribution in [-0.4, -0.2) is 11.7 Å². The van der Waals surface area contributed by atoms with Crippen molar-refractivity contribution < 1.29 is 14.2 Å². The highest BCUT2D eigenvalue weighted by molar-refractivity contribution is 5.39. The predicted molar refractivity (Wildman–Crippen MR) is 80.9 cm³/mol. The van der Waals surface area contributed by atoms with Gasteiger partial charge in [0.2, 0.25) is 0 Å². The number of ether oxygens (including phenoxy) is 1. The van der Waals surface area contributed by atoms with Gasteiger partial charge >= 0.3 is 0 Å². The molecule has 2 aromatic rings. The second-order valence-electron chi connectivity index (χ2n) is 4.84. The summed E-state index contributed by atoms with van der Waals surface area (Å²) in [5, 5.41) is 12.5. The van der Waals surface area contributed by atoms with Gasteiger partial charge in [-0.2, -0.15) is 0 Å². The van der Waals surface area contributed by atoms with Gasteiger partial charge in [0, 0.05) is 11.6 Å². The van der Waals surface area contributed by atoms with Gasteiger partial charge in [0.1, 0.15) is 5.75 Å². The summed E-state index contributed by atoms with van der Waals surface area (Å²) in [5.41, 5.74) is 1.50. The second kappa shape index (κ2) is 7.20. The van der Waals surface area contributed by atoms with Crippen molar-refractivity contribution in [3.8, 4) is 11.5 Å². The second-order valence-corrected chi connectivity index (χ2v) is 4.84. The molecule has 112 valence electrons. The van der Waals surface area contributed by atoms with E-state index < -0.39 is 5.82 Å². The number of aliphatic hydroxyl groups excluding tert-OH is 1. The molecule has 2 aromatic carbocycles. The van der Waals surface area contributed by atoms with E-state index in [4.69, 9.17) is 4.74 Å². The first kappa shape index (κ1) is 15.5. The van der Waals surface area contributed by atoms with Gasteiger partial charge in [-0.05, 0) is 37.2 Å². The summed E-state index contributed by atoms with van der Waals surface area (Å²) in [7, 11) is 0. The number of nitrogens with one attached hydrogen (secondary N) is 1. The van der Waals surface area contributed by atoms with Gasteiger partial charge in [-0.25, -0.2) is 4.39 Å². The molecule has 0 amide bonds. The molecular weight excluding hydrogens is 269 g/mol. The Kier molecular flexibility index (Phi) is 5.31. The molecule has 2 N–H and O–H groups in total. The SMILES string of the molecule is CCNC(C)c1ccc(Oc2ccccc2CO)c(F)c1. The number of halogens is 1. The fourth-order valence-electron chi connectivity index (χ4n) is 2.15. The lowest BCUT2D eigenvalue weighted by atomic mass is 10.1. The summed E-state index contributed by atoms with van der Waals surface area (Å²) in [4.78, 5) is 0. The van der Waals surface area contributed by atoms with Crippen LogP contribution in [0, 0.1) is 5.82 Å². The highest BCUT2D eigenvalue weighted by Crippen LogP contribution is 2.29. The molecular formula is C17H20FNO2. The number of para-hydroxylation sites is 1. The maximum Gasteiger partial charge on any atom is 0.166 e. The van der Waals surface area contributed by atoms with Crippen LogP contribution in [0.1, 0.15) is 31.0 Å². The molecule has 3 nitrogen and oxygen atoms in total. The Hall–Kier alpha value is -1.91. The van der Waals surface area contributed by atoms with Crippen molar-refractivity contribution in [2.24, 2.45) is 0 Å². The maximum absolute atomic E-state index is 14.2. The first-order valence-corrected chi connectivity index (χ1v) is 7.05. The minimum absolute atomic E-state index is 0.0864. The Bertz CT molecular complexity index is 601. The van der Waals surface area contributed by atoms with Crippen LogP contribution in [0.15, 0.2) is 42.5 Å². The molecule has 0 fully saturated rings. The lowest BCUT2D eigenvalue weighted by Gasteiger charge is -2.15. The summed E-state index contributed by atoms with van der Waals surface area (Å²) in [6.07, 6.45) is 0. The molecule has 0 aliphatic rings. The first-order valence-electron chi connectivity index (χ1n) is 7.05. The molecule has 0 heterocycles. The first-order chi connectivity index (χ1) is 10.2. The Morgan fingerprint density at radius 2 is 1.95 bits per heavy atom. The largest absolute Gasteiger partial charge is 0.454 e. The van der Waals surface area contributed by atoms with E-state index in [1.165, 1.54) is 6.07 Å². The van der Waals surface area contributed by atoms with Crippen LogP contribution in [-0.2, 0) is 6.61 Å². The smallest absolute Gasteiger partial charge is 0.166 e. The summed E-state index contributed by atoms with van der Waals surface area (Å²) in [6.45, 7) is 4.67. The van der Waals surface area contributed by atoms with Crippen molar-refractivity contribution in [1.29, 1.82) is 0 Å². The zero-order valence-corrected chi connectivity index (χ0v) is 12.3. The average molecular weight is 289 g/mol. The van der Waals surface area contributed by atoms with Crippen molar-refractivity contribution in [3.05, 3.63) is 59.4 Å². The Balaban J connectivity index is 2.21. The van der Waals surface area contributed by atoms with E-state index >= 15 is 0 Å². The van der Waals surface area contributed by atoms with Gasteiger partial charge in [-0.1, -0.05) is 31.2 Å². The van der Waals surface area contributed by atoms with Gasteiger partial charge in [0.15, 0.2) is 11.6 Å². The monoisotopic (exact) mass is 289 g/mol. The third-order valence-corrected chi connectivity index (χ3v) is 3.33. The van der Waals surface area contributed by atoms with E-state index in [-0.39, 0.29) is 18.4 Å². The zero-order valence-electron chi connectivity index (χ0n) is 12.3. The summed E-state index contributed by atoms with van der Waals surface area (Å²) in [6, 6.07) is 12.1. The molecule has 21 heavy (non-hydrogen) atoms. The van der Waals surface area contributed by atoms with Gasteiger partial charge in [-0.15, -0.1) is 0 Å².